The van der Waals surface area contributed by atoms with Crippen LogP contribution in [0.25, 0.3) is 21.8 Å². The number of nitrogens with one attached hydrogen (secondary N) is 1. The van der Waals surface area contributed by atoms with E-state index in [9.17, 15) is 4.79 Å². The average molecular weight is 306 g/mol. The molecule has 1 aromatic carbocycles. The van der Waals surface area contributed by atoms with Gasteiger partial charge in [0.25, 0.3) is 0 Å². The first kappa shape index (κ1) is 14.4. The number of pyridine rings is 1. The van der Waals surface area contributed by atoms with Crippen molar-refractivity contribution >= 4 is 27.6 Å². The van der Waals surface area contributed by atoms with E-state index in [0.717, 1.165) is 45.2 Å². The summed E-state index contributed by atoms with van der Waals surface area (Å²) in [5.41, 5.74) is 5.00. The molecule has 3 aromatic rings. The maximum Gasteiger partial charge on any atom is 0.165 e. The first-order chi connectivity index (χ1) is 10.9. The molecule has 0 saturated heterocycles. The normalized spacial score (nSPS) is 17.2. The lowest BCUT2D eigenvalue weighted by molar-refractivity contribution is 0.0912. The van der Waals surface area contributed by atoms with Gasteiger partial charge in [-0.3, -0.25) is 9.78 Å². The second-order valence-corrected chi connectivity index (χ2v) is 7.83. The van der Waals surface area contributed by atoms with Crippen molar-refractivity contribution < 1.29 is 4.79 Å². The molecule has 0 bridgehead atoms. The van der Waals surface area contributed by atoms with Crippen molar-refractivity contribution in [2.45, 2.75) is 46.5 Å². The molecule has 4 rings (SSSR count). The van der Waals surface area contributed by atoms with Crippen LogP contribution in [0.4, 0.5) is 0 Å². The third-order valence-electron chi connectivity index (χ3n) is 4.87. The number of nitrogens with zero attached hydrogens (tertiary/aromatic N) is 1. The minimum Gasteiger partial charge on any atom is -0.353 e. The van der Waals surface area contributed by atoms with E-state index >= 15 is 0 Å². The molecule has 0 radical (unpaired) electrons. The summed E-state index contributed by atoms with van der Waals surface area (Å²) in [5, 5.41) is 2.21. The summed E-state index contributed by atoms with van der Waals surface area (Å²) >= 11 is 0. The number of benzene rings is 1. The number of carbonyl (C=O) groups is 1. The molecule has 1 N–H and O–H groups in total. The minimum atomic E-state index is -0.00881. The maximum absolute atomic E-state index is 12.9. The van der Waals surface area contributed by atoms with Gasteiger partial charge in [0, 0.05) is 28.3 Å². The Morgan fingerprint density at radius 1 is 1.17 bits per heavy atom. The lowest BCUT2D eigenvalue weighted by Crippen LogP contribution is -2.28. The van der Waals surface area contributed by atoms with Crippen LogP contribution in [0.5, 0.6) is 0 Å². The third-order valence-corrected chi connectivity index (χ3v) is 4.87. The molecule has 3 heteroatoms. The SMILES string of the molecule is CC(C)c1nc2c(c3c1[nH]c1ccccc13)C(=O)CC(C)(C)C2. The van der Waals surface area contributed by atoms with Gasteiger partial charge in [-0.1, -0.05) is 45.9 Å². The zero-order valence-electron chi connectivity index (χ0n) is 14.2. The number of hydrogen-bond donors (Lipinski definition) is 1. The molecule has 118 valence electrons. The van der Waals surface area contributed by atoms with Gasteiger partial charge in [-0.05, 0) is 23.8 Å². The number of fused-ring (bicyclic) bond motifs is 5. The van der Waals surface area contributed by atoms with Crippen LogP contribution in [0, 0.1) is 5.41 Å². The van der Waals surface area contributed by atoms with Gasteiger partial charge < -0.3 is 4.98 Å². The number of rotatable bonds is 1. The summed E-state index contributed by atoms with van der Waals surface area (Å²) in [6, 6.07) is 8.24. The topological polar surface area (TPSA) is 45.8 Å². The smallest absolute Gasteiger partial charge is 0.165 e. The molecule has 0 amide bonds. The lowest BCUT2D eigenvalue weighted by atomic mass is 9.74. The number of ketones is 1. The van der Waals surface area contributed by atoms with Crippen LogP contribution in [-0.4, -0.2) is 15.8 Å². The predicted octanol–water partition coefficient (Wildman–Crippen LogP) is 4.99. The second-order valence-electron chi connectivity index (χ2n) is 7.83. The highest BCUT2D eigenvalue weighted by molar-refractivity contribution is 6.19. The molecular formula is C20H22N2O. The molecule has 23 heavy (non-hydrogen) atoms. The van der Waals surface area contributed by atoms with Gasteiger partial charge in [-0.25, -0.2) is 0 Å². The van der Waals surface area contributed by atoms with Gasteiger partial charge in [-0.2, -0.15) is 0 Å². The van der Waals surface area contributed by atoms with E-state index in [1.54, 1.807) is 0 Å². The highest BCUT2D eigenvalue weighted by atomic mass is 16.1. The van der Waals surface area contributed by atoms with Crippen molar-refractivity contribution in [1.82, 2.24) is 9.97 Å². The van der Waals surface area contributed by atoms with Crippen molar-refractivity contribution in [2.75, 3.05) is 0 Å². The van der Waals surface area contributed by atoms with Crippen LogP contribution >= 0.6 is 0 Å². The molecule has 0 atom stereocenters. The third kappa shape index (κ3) is 2.10. The summed E-state index contributed by atoms with van der Waals surface area (Å²) < 4.78 is 0. The fourth-order valence-electron chi connectivity index (χ4n) is 3.88. The largest absolute Gasteiger partial charge is 0.353 e. The number of Topliss-reactive ketones (excluding diaryl/α,β-unsaturated/α-hetero) is 1. The zero-order chi connectivity index (χ0) is 16.4. The molecule has 0 spiro atoms. The molecular weight excluding hydrogens is 284 g/mol. The lowest BCUT2D eigenvalue weighted by Gasteiger charge is -2.30. The van der Waals surface area contributed by atoms with Crippen LogP contribution in [0.3, 0.4) is 0 Å². The maximum atomic E-state index is 12.9. The fourth-order valence-corrected chi connectivity index (χ4v) is 3.88. The molecule has 3 nitrogen and oxygen atoms in total. The van der Waals surface area contributed by atoms with Gasteiger partial charge in [0.1, 0.15) is 0 Å². The van der Waals surface area contributed by atoms with Gasteiger partial charge >= 0.3 is 0 Å². The van der Waals surface area contributed by atoms with E-state index < -0.39 is 0 Å². The standard InChI is InChI=1S/C20H22N2O/c1-11(2)18-19-16(12-7-5-6-8-13(12)21-19)17-14(22-18)9-20(3,4)10-15(17)23/h5-8,11,21H,9-10H2,1-4H3. The summed E-state index contributed by atoms with van der Waals surface area (Å²) in [6.07, 6.45) is 1.46. The minimum absolute atomic E-state index is 0.00881. The molecule has 2 heterocycles. The van der Waals surface area contributed by atoms with Crippen molar-refractivity contribution in [1.29, 1.82) is 0 Å². The monoisotopic (exact) mass is 306 g/mol. The van der Waals surface area contributed by atoms with Crippen molar-refractivity contribution in [3.63, 3.8) is 0 Å². The van der Waals surface area contributed by atoms with Crippen LogP contribution in [-0.2, 0) is 6.42 Å². The number of aromatic amines is 1. The van der Waals surface area contributed by atoms with Crippen LogP contribution < -0.4 is 0 Å². The Kier molecular flexibility index (Phi) is 2.93. The van der Waals surface area contributed by atoms with Gasteiger partial charge in [-0.15, -0.1) is 0 Å². The Morgan fingerprint density at radius 3 is 2.65 bits per heavy atom. The van der Waals surface area contributed by atoms with Crippen LogP contribution in [0.1, 0.15) is 61.8 Å². The number of H-pyrrole nitrogens is 1. The zero-order valence-corrected chi connectivity index (χ0v) is 14.2. The number of aromatic nitrogens is 2. The second kappa shape index (κ2) is 4.67. The van der Waals surface area contributed by atoms with E-state index in [-0.39, 0.29) is 11.2 Å². The Balaban J connectivity index is 2.18. The molecule has 2 aromatic heterocycles. The Hall–Kier alpha value is -2.16. The first-order valence-electron chi connectivity index (χ1n) is 8.34. The van der Waals surface area contributed by atoms with Gasteiger partial charge in [0.15, 0.2) is 5.78 Å². The first-order valence-corrected chi connectivity index (χ1v) is 8.34. The van der Waals surface area contributed by atoms with E-state index in [2.05, 4.69) is 44.8 Å². The summed E-state index contributed by atoms with van der Waals surface area (Å²) in [6.45, 7) is 8.64. The van der Waals surface area contributed by atoms with Crippen molar-refractivity contribution in [2.24, 2.45) is 5.41 Å². The van der Waals surface area contributed by atoms with Crippen LogP contribution in [0.15, 0.2) is 24.3 Å². The van der Waals surface area contributed by atoms with Gasteiger partial charge in [0.2, 0.25) is 0 Å². The molecule has 0 fully saturated rings. The van der Waals surface area contributed by atoms with E-state index in [1.165, 1.54) is 0 Å². The number of carbonyl (C=O) groups excluding carboxylic acids is 1. The molecule has 0 aliphatic heterocycles. The number of hydrogen-bond acceptors (Lipinski definition) is 2. The van der Waals surface area contributed by atoms with E-state index in [1.807, 2.05) is 12.1 Å². The Morgan fingerprint density at radius 2 is 1.91 bits per heavy atom. The number of para-hydroxylation sites is 1. The Labute approximate surface area is 136 Å². The highest BCUT2D eigenvalue weighted by Crippen LogP contribution is 2.41. The highest BCUT2D eigenvalue weighted by Gasteiger charge is 2.35. The van der Waals surface area contributed by atoms with E-state index in [0.29, 0.717) is 12.3 Å². The van der Waals surface area contributed by atoms with Crippen LogP contribution in [0.2, 0.25) is 0 Å². The van der Waals surface area contributed by atoms with Gasteiger partial charge in [0.05, 0.1) is 16.9 Å². The molecule has 1 aliphatic rings. The Bertz CT molecular complexity index is 947. The summed E-state index contributed by atoms with van der Waals surface area (Å²) in [4.78, 5) is 21.3. The fraction of sp³-hybridized carbons (Fsp3) is 0.400. The summed E-state index contributed by atoms with van der Waals surface area (Å²) in [5.74, 6) is 0.546. The predicted molar refractivity (Wildman–Crippen MR) is 94.1 cm³/mol. The van der Waals surface area contributed by atoms with Crippen molar-refractivity contribution in [3.05, 3.63) is 41.2 Å². The molecule has 0 saturated carbocycles. The average Bonchev–Trinajstić information content (AvgIpc) is 2.83. The van der Waals surface area contributed by atoms with Crippen molar-refractivity contribution in [3.8, 4) is 0 Å². The quantitative estimate of drug-likeness (QED) is 0.688. The molecule has 0 unspecified atom stereocenters. The molecule has 1 aliphatic carbocycles. The summed E-state index contributed by atoms with van der Waals surface area (Å²) in [7, 11) is 0. The van der Waals surface area contributed by atoms with E-state index in [4.69, 9.17) is 4.98 Å².